The highest BCUT2D eigenvalue weighted by molar-refractivity contribution is 5.72. The number of oxime groups is 1. The molecule has 58 valence electrons. The number of aliphatic hydroxyl groups excluding tert-OH is 1. The van der Waals surface area contributed by atoms with Gasteiger partial charge in [-0.2, -0.15) is 0 Å². The minimum atomic E-state index is -1.32. The van der Waals surface area contributed by atoms with Crippen molar-refractivity contribution < 1.29 is 19.8 Å². The first-order chi connectivity index (χ1) is 4.59. The predicted molar refractivity (Wildman–Crippen MR) is 33.7 cm³/mol. The first-order valence-corrected chi connectivity index (χ1v) is 2.62. The van der Waals surface area contributed by atoms with Crippen molar-refractivity contribution >= 4 is 12.7 Å². The summed E-state index contributed by atoms with van der Waals surface area (Å²) in [6, 6.07) is 0. The molecule has 0 aromatic carbocycles. The molecular formula is C5H9NO4. The Bertz CT molecular complexity index is 134. The van der Waals surface area contributed by atoms with Crippen molar-refractivity contribution in [1.82, 2.24) is 0 Å². The van der Waals surface area contributed by atoms with Gasteiger partial charge in [0.15, 0.2) is 0 Å². The van der Waals surface area contributed by atoms with Crippen LogP contribution >= 0.6 is 0 Å². The Labute approximate surface area is 57.9 Å². The van der Waals surface area contributed by atoms with E-state index in [9.17, 15) is 4.79 Å². The fourth-order valence-electron chi connectivity index (χ4n) is 0.420. The molecule has 2 unspecified atom stereocenters. The summed E-state index contributed by atoms with van der Waals surface area (Å²) >= 11 is 0. The molecule has 0 aromatic heterocycles. The summed E-state index contributed by atoms with van der Waals surface area (Å²) < 4.78 is 0. The van der Waals surface area contributed by atoms with Crippen molar-refractivity contribution in [3.8, 4) is 0 Å². The first-order valence-electron chi connectivity index (χ1n) is 2.62. The van der Waals surface area contributed by atoms with Crippen molar-refractivity contribution in [3.63, 3.8) is 0 Å². The second-order valence-corrected chi connectivity index (χ2v) is 1.73. The standard InChI is InChI=1S/C5H9NO4/c1-3(7)4(5(8)9)10-6-2/h3-4,7H,2H2,1H3,(H,8,9). The summed E-state index contributed by atoms with van der Waals surface area (Å²) in [7, 11) is 0. The lowest BCUT2D eigenvalue weighted by molar-refractivity contribution is -0.157. The van der Waals surface area contributed by atoms with Crippen LogP contribution < -0.4 is 0 Å². The van der Waals surface area contributed by atoms with Crippen LogP contribution in [0.15, 0.2) is 5.16 Å². The molecule has 0 spiro atoms. The minimum absolute atomic E-state index is 1.09. The summed E-state index contributed by atoms with van der Waals surface area (Å²) in [6.45, 7) is 4.21. The zero-order chi connectivity index (χ0) is 8.15. The van der Waals surface area contributed by atoms with E-state index in [1.807, 2.05) is 0 Å². The van der Waals surface area contributed by atoms with Crippen LogP contribution in [0, 0.1) is 0 Å². The Morgan fingerprint density at radius 1 is 1.80 bits per heavy atom. The van der Waals surface area contributed by atoms with Crippen LogP contribution in [0.25, 0.3) is 0 Å². The largest absolute Gasteiger partial charge is 0.478 e. The van der Waals surface area contributed by atoms with Gasteiger partial charge in [0.2, 0.25) is 6.10 Å². The van der Waals surface area contributed by atoms with Gasteiger partial charge in [-0.3, -0.25) is 0 Å². The molecule has 0 aliphatic rings. The number of hydrogen-bond acceptors (Lipinski definition) is 4. The summed E-state index contributed by atoms with van der Waals surface area (Å²) in [6.07, 6.45) is -2.42. The molecule has 2 atom stereocenters. The van der Waals surface area contributed by atoms with E-state index in [2.05, 4.69) is 16.7 Å². The second-order valence-electron chi connectivity index (χ2n) is 1.73. The average molecular weight is 147 g/mol. The van der Waals surface area contributed by atoms with E-state index in [0.29, 0.717) is 0 Å². The van der Waals surface area contributed by atoms with Gasteiger partial charge in [-0.05, 0) is 6.92 Å². The Hall–Kier alpha value is -1.10. The Balaban J connectivity index is 3.97. The topological polar surface area (TPSA) is 79.1 Å². The summed E-state index contributed by atoms with van der Waals surface area (Å²) in [5.74, 6) is -1.26. The smallest absolute Gasteiger partial charge is 0.350 e. The lowest BCUT2D eigenvalue weighted by atomic mass is 10.2. The quantitative estimate of drug-likeness (QED) is 0.413. The number of carboxylic acids is 1. The molecule has 0 aliphatic carbocycles. The fraction of sp³-hybridized carbons (Fsp3) is 0.600. The average Bonchev–Trinajstić information content (AvgIpc) is 1.81. The van der Waals surface area contributed by atoms with E-state index in [4.69, 9.17) is 10.2 Å². The van der Waals surface area contributed by atoms with Gasteiger partial charge >= 0.3 is 5.97 Å². The molecule has 0 radical (unpaired) electrons. The summed E-state index contributed by atoms with van der Waals surface area (Å²) in [4.78, 5) is 14.4. The zero-order valence-corrected chi connectivity index (χ0v) is 5.52. The predicted octanol–water partition coefficient (Wildman–Crippen LogP) is -0.547. The van der Waals surface area contributed by atoms with Gasteiger partial charge in [0.1, 0.15) is 6.10 Å². The van der Waals surface area contributed by atoms with E-state index in [-0.39, 0.29) is 0 Å². The van der Waals surface area contributed by atoms with Crippen LogP contribution in [-0.4, -0.2) is 35.1 Å². The molecule has 5 heteroatoms. The molecule has 0 amide bonds. The lowest BCUT2D eigenvalue weighted by Crippen LogP contribution is -2.32. The molecule has 0 fully saturated rings. The maximum absolute atomic E-state index is 10.2. The van der Waals surface area contributed by atoms with Crippen LogP contribution in [-0.2, 0) is 9.63 Å². The molecule has 2 N–H and O–H groups in total. The SMILES string of the molecule is C=NOC(C(=O)O)C(C)O. The fourth-order valence-corrected chi connectivity index (χ4v) is 0.420. The van der Waals surface area contributed by atoms with Gasteiger partial charge in [0.25, 0.3) is 0 Å². The molecule has 0 aromatic rings. The normalized spacial score (nSPS) is 15.4. The summed E-state index contributed by atoms with van der Waals surface area (Å²) in [5.41, 5.74) is 0. The van der Waals surface area contributed by atoms with Crippen LogP contribution in [0.1, 0.15) is 6.92 Å². The second kappa shape index (κ2) is 3.84. The molecule has 0 aliphatic heterocycles. The molecule has 0 rings (SSSR count). The van der Waals surface area contributed by atoms with Crippen LogP contribution in [0.2, 0.25) is 0 Å². The van der Waals surface area contributed by atoms with Gasteiger partial charge in [-0.25, -0.2) is 4.79 Å². The van der Waals surface area contributed by atoms with Gasteiger partial charge in [-0.15, -0.1) is 5.16 Å². The third-order valence-electron chi connectivity index (χ3n) is 0.870. The lowest BCUT2D eigenvalue weighted by Gasteiger charge is -2.11. The minimum Gasteiger partial charge on any atom is -0.478 e. The molecule has 5 nitrogen and oxygen atoms in total. The molecule has 0 heterocycles. The highest BCUT2D eigenvalue weighted by Crippen LogP contribution is 1.98. The van der Waals surface area contributed by atoms with E-state index in [1.54, 1.807) is 0 Å². The highest BCUT2D eigenvalue weighted by atomic mass is 16.7. The van der Waals surface area contributed by atoms with Gasteiger partial charge in [0.05, 0.1) is 0 Å². The number of carbonyl (C=O) groups is 1. The van der Waals surface area contributed by atoms with Crippen molar-refractivity contribution in [3.05, 3.63) is 0 Å². The van der Waals surface area contributed by atoms with Crippen LogP contribution in [0.5, 0.6) is 0 Å². The van der Waals surface area contributed by atoms with E-state index < -0.39 is 18.2 Å². The number of aliphatic carboxylic acids is 1. The van der Waals surface area contributed by atoms with E-state index in [0.717, 1.165) is 0 Å². The number of carboxylic acid groups (broad SMARTS) is 1. The zero-order valence-electron chi connectivity index (χ0n) is 5.52. The molecule has 0 saturated heterocycles. The molecule has 10 heavy (non-hydrogen) atoms. The molecular weight excluding hydrogens is 138 g/mol. The third kappa shape index (κ3) is 2.45. The van der Waals surface area contributed by atoms with Crippen LogP contribution in [0.3, 0.4) is 0 Å². The number of aliphatic hydroxyl groups is 1. The Kier molecular flexibility index (Phi) is 3.42. The van der Waals surface area contributed by atoms with Crippen molar-refractivity contribution in [2.24, 2.45) is 5.16 Å². The monoisotopic (exact) mass is 147 g/mol. The Morgan fingerprint density at radius 2 is 2.30 bits per heavy atom. The summed E-state index contributed by atoms with van der Waals surface area (Å²) in [5, 5.41) is 19.9. The third-order valence-corrected chi connectivity index (χ3v) is 0.870. The van der Waals surface area contributed by atoms with E-state index in [1.165, 1.54) is 6.92 Å². The number of nitrogens with zero attached hydrogens (tertiary/aromatic N) is 1. The van der Waals surface area contributed by atoms with Crippen molar-refractivity contribution in [2.75, 3.05) is 0 Å². The van der Waals surface area contributed by atoms with Gasteiger partial charge in [-0.1, -0.05) is 0 Å². The van der Waals surface area contributed by atoms with Gasteiger partial charge < -0.3 is 15.1 Å². The maximum atomic E-state index is 10.2. The van der Waals surface area contributed by atoms with Crippen molar-refractivity contribution in [2.45, 2.75) is 19.1 Å². The number of rotatable bonds is 4. The Morgan fingerprint density at radius 3 is 2.40 bits per heavy atom. The molecule has 0 saturated carbocycles. The first kappa shape index (κ1) is 8.90. The van der Waals surface area contributed by atoms with E-state index >= 15 is 0 Å². The maximum Gasteiger partial charge on any atom is 0.350 e. The highest BCUT2D eigenvalue weighted by Gasteiger charge is 2.24. The molecule has 0 bridgehead atoms. The van der Waals surface area contributed by atoms with Gasteiger partial charge in [0, 0.05) is 6.72 Å². The van der Waals surface area contributed by atoms with Crippen LogP contribution in [0.4, 0.5) is 0 Å². The van der Waals surface area contributed by atoms with Crippen molar-refractivity contribution in [1.29, 1.82) is 0 Å². The number of hydrogen-bond donors (Lipinski definition) is 2.